The molecule has 5 N–H and O–H groups in total. The normalized spacial score (nSPS) is 22.6. The van der Waals surface area contributed by atoms with Crippen molar-refractivity contribution in [1.82, 2.24) is 15.5 Å². The lowest BCUT2D eigenvalue weighted by atomic mass is 10.0. The second kappa shape index (κ2) is 8.93. The van der Waals surface area contributed by atoms with Crippen molar-refractivity contribution in [3.05, 3.63) is 59.0 Å². The largest absolute Gasteiger partial charge is 0.384 e. The summed E-state index contributed by atoms with van der Waals surface area (Å²) >= 11 is 0. The molecule has 1 fully saturated rings. The monoisotopic (exact) mass is 382 g/mol. The lowest BCUT2D eigenvalue weighted by Crippen LogP contribution is -2.35. The van der Waals surface area contributed by atoms with E-state index in [-0.39, 0.29) is 5.92 Å². The summed E-state index contributed by atoms with van der Waals surface area (Å²) in [5.74, 6) is 1.28. The molecule has 7 nitrogen and oxygen atoms in total. The van der Waals surface area contributed by atoms with E-state index in [2.05, 4.69) is 26.6 Å². The molecule has 28 heavy (non-hydrogen) atoms. The second-order valence-electron chi connectivity index (χ2n) is 7.45. The Hall–Kier alpha value is -2.80. The Bertz CT molecular complexity index is 800. The minimum atomic E-state index is 0.226. The maximum atomic E-state index is 7.49. The van der Waals surface area contributed by atoms with Crippen LogP contribution in [0, 0.1) is 11.3 Å². The van der Waals surface area contributed by atoms with Gasteiger partial charge in [0.1, 0.15) is 11.7 Å². The Morgan fingerprint density at radius 3 is 2.96 bits per heavy atom. The summed E-state index contributed by atoms with van der Waals surface area (Å²) in [7, 11) is 1.75. The van der Waals surface area contributed by atoms with Gasteiger partial charge in [-0.05, 0) is 48.6 Å². The molecule has 3 heterocycles. The first kappa shape index (κ1) is 19.9. The van der Waals surface area contributed by atoms with Crippen LogP contribution in [0.1, 0.15) is 26.7 Å². The maximum Gasteiger partial charge on any atom is 0.132 e. The molecule has 0 spiro atoms. The first-order valence-corrected chi connectivity index (χ1v) is 9.71. The van der Waals surface area contributed by atoms with Crippen LogP contribution in [-0.2, 0) is 4.74 Å². The van der Waals surface area contributed by atoms with E-state index in [0.717, 1.165) is 42.2 Å². The van der Waals surface area contributed by atoms with Crippen molar-refractivity contribution < 1.29 is 4.74 Å². The van der Waals surface area contributed by atoms with Gasteiger partial charge in [0.05, 0.1) is 29.7 Å². The van der Waals surface area contributed by atoms with Gasteiger partial charge in [0.25, 0.3) is 0 Å². The standard InChI is InChI=1S/C21H30N6O/c1-14(2)15(11-22)9-20(23)26-21-7-6-18-19(25-21)10-17(12-24-18)27-8-4-5-16(27)13-28-3/h6-7,9-12,14,16,22,24-25H,4-5,8,13H2,1-3H3,(H2,23,26). The number of rotatable bonds is 7. The van der Waals surface area contributed by atoms with E-state index in [9.17, 15) is 0 Å². The maximum absolute atomic E-state index is 7.49. The number of nitrogens with two attached hydrogens (primary N) is 1. The van der Waals surface area contributed by atoms with Gasteiger partial charge in [0.2, 0.25) is 0 Å². The van der Waals surface area contributed by atoms with Gasteiger partial charge in [-0.1, -0.05) is 13.8 Å². The number of aliphatic imine (C=N–C) groups is 1. The van der Waals surface area contributed by atoms with Crippen LogP contribution in [0.3, 0.4) is 0 Å². The Morgan fingerprint density at radius 2 is 2.25 bits per heavy atom. The number of amidine groups is 1. The van der Waals surface area contributed by atoms with E-state index in [1.54, 1.807) is 13.2 Å². The average molecular weight is 383 g/mol. The summed E-state index contributed by atoms with van der Waals surface area (Å²) < 4.78 is 5.37. The third-order valence-corrected chi connectivity index (χ3v) is 5.09. The first-order valence-electron chi connectivity index (χ1n) is 9.71. The molecule has 0 amide bonds. The first-order chi connectivity index (χ1) is 13.5. The molecule has 0 aliphatic carbocycles. The number of likely N-dealkylation sites (tertiary alicyclic amines) is 1. The number of methoxy groups -OCH3 is 1. The van der Waals surface area contributed by atoms with Crippen molar-refractivity contribution in [2.75, 3.05) is 20.3 Å². The molecule has 1 unspecified atom stereocenters. The third-order valence-electron chi connectivity index (χ3n) is 5.09. The van der Waals surface area contributed by atoms with Gasteiger partial charge in [0, 0.05) is 26.1 Å². The Labute approximate surface area is 166 Å². The summed E-state index contributed by atoms with van der Waals surface area (Å²) in [6.45, 7) is 5.82. The number of fused-ring (bicyclic) bond motifs is 1. The molecular formula is C21H30N6O. The van der Waals surface area contributed by atoms with Crippen LogP contribution in [0.2, 0.25) is 0 Å². The fraction of sp³-hybridized carbons (Fsp3) is 0.429. The zero-order valence-corrected chi connectivity index (χ0v) is 16.8. The molecule has 0 aromatic heterocycles. The average Bonchev–Trinajstić information content (AvgIpc) is 3.14. The van der Waals surface area contributed by atoms with Crippen LogP contribution in [0.15, 0.2) is 64.0 Å². The highest BCUT2D eigenvalue weighted by atomic mass is 16.5. The van der Waals surface area contributed by atoms with Gasteiger partial charge in [-0.25, -0.2) is 4.99 Å². The predicted molar refractivity (Wildman–Crippen MR) is 114 cm³/mol. The van der Waals surface area contributed by atoms with Crippen LogP contribution >= 0.6 is 0 Å². The van der Waals surface area contributed by atoms with Gasteiger partial charge in [0.15, 0.2) is 0 Å². The molecule has 3 rings (SSSR count). The van der Waals surface area contributed by atoms with E-state index in [1.807, 2.05) is 32.2 Å². The summed E-state index contributed by atoms with van der Waals surface area (Å²) in [6.07, 6.45) is 13.5. The number of dihydropyridines is 2. The molecule has 7 heteroatoms. The molecule has 0 aromatic rings. The highest BCUT2D eigenvalue weighted by Crippen LogP contribution is 2.27. The molecule has 1 atom stereocenters. The van der Waals surface area contributed by atoms with Crippen molar-refractivity contribution >= 4 is 12.1 Å². The quantitative estimate of drug-likeness (QED) is 0.400. The summed E-state index contributed by atoms with van der Waals surface area (Å²) in [4.78, 5) is 6.85. The number of hydrogen-bond acceptors (Lipinski definition) is 6. The summed E-state index contributed by atoms with van der Waals surface area (Å²) in [5.41, 5.74) is 10.0. The van der Waals surface area contributed by atoms with Crippen molar-refractivity contribution in [2.24, 2.45) is 16.6 Å². The van der Waals surface area contributed by atoms with E-state index in [0.29, 0.717) is 17.7 Å². The lowest BCUT2D eigenvalue weighted by molar-refractivity contribution is 0.133. The minimum absolute atomic E-state index is 0.226. The van der Waals surface area contributed by atoms with Crippen LogP contribution in [-0.4, -0.2) is 43.3 Å². The van der Waals surface area contributed by atoms with Crippen LogP contribution in [0.5, 0.6) is 0 Å². The van der Waals surface area contributed by atoms with Crippen LogP contribution in [0.4, 0.5) is 0 Å². The van der Waals surface area contributed by atoms with Crippen LogP contribution < -0.4 is 16.4 Å². The number of allylic oxidation sites excluding steroid dienone is 4. The van der Waals surface area contributed by atoms with Gasteiger partial charge < -0.3 is 31.4 Å². The molecular weight excluding hydrogens is 352 g/mol. The summed E-state index contributed by atoms with van der Waals surface area (Å²) in [5, 5.41) is 14.2. The Balaban J connectivity index is 1.75. The Kier molecular flexibility index (Phi) is 6.36. The van der Waals surface area contributed by atoms with E-state index in [1.165, 1.54) is 12.6 Å². The van der Waals surface area contributed by atoms with Gasteiger partial charge >= 0.3 is 0 Å². The van der Waals surface area contributed by atoms with E-state index < -0.39 is 0 Å². The van der Waals surface area contributed by atoms with E-state index in [4.69, 9.17) is 15.9 Å². The third kappa shape index (κ3) is 4.54. The molecule has 0 aromatic carbocycles. The number of nitrogens with zero attached hydrogens (tertiary/aromatic N) is 2. The molecule has 3 aliphatic heterocycles. The zero-order chi connectivity index (χ0) is 20.1. The molecule has 0 bridgehead atoms. The molecule has 3 aliphatic rings. The molecule has 1 saturated heterocycles. The van der Waals surface area contributed by atoms with Crippen molar-refractivity contribution in [2.45, 2.75) is 32.7 Å². The summed E-state index contributed by atoms with van der Waals surface area (Å²) in [6, 6.07) is 0.411. The molecule has 0 saturated carbocycles. The number of hydrogen-bond donors (Lipinski definition) is 4. The lowest BCUT2D eigenvalue weighted by Gasteiger charge is -2.31. The molecule has 150 valence electrons. The van der Waals surface area contributed by atoms with Crippen LogP contribution in [0.25, 0.3) is 0 Å². The zero-order valence-electron chi connectivity index (χ0n) is 16.8. The van der Waals surface area contributed by atoms with Gasteiger partial charge in [-0.2, -0.15) is 0 Å². The van der Waals surface area contributed by atoms with Crippen molar-refractivity contribution in [1.29, 1.82) is 5.41 Å². The fourth-order valence-electron chi connectivity index (χ4n) is 3.57. The Morgan fingerprint density at radius 1 is 1.43 bits per heavy atom. The van der Waals surface area contributed by atoms with Crippen molar-refractivity contribution in [3.8, 4) is 0 Å². The predicted octanol–water partition coefficient (Wildman–Crippen LogP) is 2.34. The SMILES string of the molecule is COCC1CCCN1C1=CNC2=CC=C(N=C(N)C=C(C=N)C(C)C)NC2=C1. The van der Waals surface area contributed by atoms with Gasteiger partial charge in [-0.3, -0.25) is 0 Å². The molecule has 0 radical (unpaired) electrons. The highest BCUT2D eigenvalue weighted by molar-refractivity contribution is 5.97. The fourth-order valence-corrected chi connectivity index (χ4v) is 3.57. The number of nitrogens with one attached hydrogen (secondary N) is 3. The number of ether oxygens (including phenoxy) is 1. The minimum Gasteiger partial charge on any atom is -0.384 e. The second-order valence-corrected chi connectivity index (χ2v) is 7.45. The van der Waals surface area contributed by atoms with Crippen molar-refractivity contribution in [3.63, 3.8) is 0 Å². The van der Waals surface area contributed by atoms with E-state index >= 15 is 0 Å². The van der Waals surface area contributed by atoms with Gasteiger partial charge in [-0.15, -0.1) is 0 Å². The topological polar surface area (TPSA) is 98.8 Å². The smallest absolute Gasteiger partial charge is 0.132 e. The highest BCUT2D eigenvalue weighted by Gasteiger charge is 2.27.